The first-order valence-electron chi connectivity index (χ1n) is 8.34. The first-order chi connectivity index (χ1) is 11.6. The minimum absolute atomic E-state index is 0.00725. The molecule has 1 saturated heterocycles. The molecule has 1 aliphatic rings. The highest BCUT2D eigenvalue weighted by Crippen LogP contribution is 2.18. The van der Waals surface area contributed by atoms with Gasteiger partial charge in [0.15, 0.2) is 0 Å². The van der Waals surface area contributed by atoms with Crippen LogP contribution in [-0.4, -0.2) is 58.3 Å². The van der Waals surface area contributed by atoms with Crippen LogP contribution in [0.3, 0.4) is 0 Å². The molecule has 1 aromatic carbocycles. The van der Waals surface area contributed by atoms with Crippen molar-refractivity contribution >= 4 is 5.91 Å². The van der Waals surface area contributed by atoms with Crippen LogP contribution >= 0.6 is 0 Å². The summed E-state index contributed by atoms with van der Waals surface area (Å²) in [6.45, 7) is 1.96. The summed E-state index contributed by atoms with van der Waals surface area (Å²) in [5.74, 6) is 0.940. The van der Waals surface area contributed by atoms with E-state index in [1.165, 1.54) is 0 Å². The van der Waals surface area contributed by atoms with E-state index in [0.29, 0.717) is 25.9 Å². The standard InChI is InChI=1S/C18H24N4O2/c1-21-12-14(16(23)13-21)11-18(24)20-8-7-17-19-9-10-22(17)15-5-3-2-4-6-15/h2-6,9-10,14,16,23H,7-8,11-13H2,1H3,(H,20,24)/t14-,16-/m1/s1. The highest BCUT2D eigenvalue weighted by molar-refractivity contribution is 5.76. The molecule has 0 bridgehead atoms. The molecule has 0 radical (unpaired) electrons. The first kappa shape index (κ1) is 16.7. The van der Waals surface area contributed by atoms with Crippen LogP contribution in [0, 0.1) is 5.92 Å². The third-order valence-electron chi connectivity index (χ3n) is 4.46. The van der Waals surface area contributed by atoms with Gasteiger partial charge in [-0.05, 0) is 19.2 Å². The summed E-state index contributed by atoms with van der Waals surface area (Å²) in [7, 11) is 1.96. The van der Waals surface area contributed by atoms with Crippen LogP contribution in [0.25, 0.3) is 5.69 Å². The molecule has 1 aliphatic heterocycles. The molecule has 0 saturated carbocycles. The maximum Gasteiger partial charge on any atom is 0.220 e. The van der Waals surface area contributed by atoms with Crippen LogP contribution in [0.15, 0.2) is 42.7 Å². The molecular formula is C18H24N4O2. The Labute approximate surface area is 142 Å². The molecule has 0 unspecified atom stereocenters. The van der Waals surface area contributed by atoms with Crippen molar-refractivity contribution in [1.82, 2.24) is 19.8 Å². The van der Waals surface area contributed by atoms with E-state index in [0.717, 1.165) is 18.1 Å². The Morgan fingerprint density at radius 3 is 2.83 bits per heavy atom. The van der Waals surface area contributed by atoms with Crippen molar-refractivity contribution in [2.24, 2.45) is 5.92 Å². The van der Waals surface area contributed by atoms with E-state index in [1.807, 2.05) is 48.1 Å². The monoisotopic (exact) mass is 328 g/mol. The molecule has 2 N–H and O–H groups in total. The number of aliphatic hydroxyl groups is 1. The van der Waals surface area contributed by atoms with Crippen molar-refractivity contribution in [2.45, 2.75) is 18.9 Å². The molecule has 0 aliphatic carbocycles. The van der Waals surface area contributed by atoms with Crippen molar-refractivity contribution < 1.29 is 9.90 Å². The highest BCUT2D eigenvalue weighted by atomic mass is 16.3. The summed E-state index contributed by atoms with van der Waals surface area (Å²) in [6, 6.07) is 10.0. The summed E-state index contributed by atoms with van der Waals surface area (Å²) in [4.78, 5) is 18.5. The van der Waals surface area contributed by atoms with Gasteiger partial charge in [0.25, 0.3) is 0 Å². The number of nitrogens with zero attached hydrogens (tertiary/aromatic N) is 3. The van der Waals surface area contributed by atoms with E-state index >= 15 is 0 Å². The van der Waals surface area contributed by atoms with Gasteiger partial charge in [-0.1, -0.05) is 18.2 Å². The Kier molecular flexibility index (Phi) is 5.27. The van der Waals surface area contributed by atoms with Gasteiger partial charge in [-0.3, -0.25) is 4.79 Å². The van der Waals surface area contributed by atoms with E-state index in [9.17, 15) is 9.90 Å². The molecule has 24 heavy (non-hydrogen) atoms. The minimum Gasteiger partial charge on any atom is -0.391 e. The molecule has 2 atom stereocenters. The molecule has 2 aromatic rings. The lowest BCUT2D eigenvalue weighted by Gasteiger charge is -2.13. The van der Waals surface area contributed by atoms with Crippen LogP contribution < -0.4 is 5.32 Å². The van der Waals surface area contributed by atoms with Crippen molar-refractivity contribution in [2.75, 3.05) is 26.7 Å². The SMILES string of the molecule is CN1C[C@@H](CC(=O)NCCc2nccn2-c2ccccc2)[C@H](O)C1. The van der Waals surface area contributed by atoms with Crippen molar-refractivity contribution in [1.29, 1.82) is 0 Å². The molecule has 1 aromatic heterocycles. The molecule has 1 fully saturated rings. The smallest absolute Gasteiger partial charge is 0.220 e. The second-order valence-electron chi connectivity index (χ2n) is 6.40. The maximum atomic E-state index is 12.1. The molecule has 2 heterocycles. The topological polar surface area (TPSA) is 70.4 Å². The number of benzene rings is 1. The van der Waals surface area contributed by atoms with E-state index < -0.39 is 6.10 Å². The van der Waals surface area contributed by atoms with E-state index in [1.54, 1.807) is 6.20 Å². The number of carbonyl (C=O) groups is 1. The molecule has 1 amide bonds. The van der Waals surface area contributed by atoms with E-state index in [-0.39, 0.29) is 11.8 Å². The number of nitrogens with one attached hydrogen (secondary N) is 1. The van der Waals surface area contributed by atoms with Crippen LogP contribution in [0.1, 0.15) is 12.2 Å². The number of hydrogen-bond donors (Lipinski definition) is 2. The lowest BCUT2D eigenvalue weighted by atomic mass is 10.0. The molecule has 6 heteroatoms. The quantitative estimate of drug-likeness (QED) is 0.824. The summed E-state index contributed by atoms with van der Waals surface area (Å²) in [5, 5.41) is 12.9. The van der Waals surface area contributed by atoms with E-state index in [4.69, 9.17) is 0 Å². The highest BCUT2D eigenvalue weighted by Gasteiger charge is 2.30. The van der Waals surface area contributed by atoms with Gasteiger partial charge in [-0.15, -0.1) is 0 Å². The normalized spacial score (nSPS) is 21.1. The van der Waals surface area contributed by atoms with Crippen LogP contribution in [0.5, 0.6) is 0 Å². The van der Waals surface area contributed by atoms with Crippen LogP contribution in [-0.2, 0) is 11.2 Å². The summed E-state index contributed by atoms with van der Waals surface area (Å²) in [5.41, 5.74) is 1.06. The van der Waals surface area contributed by atoms with Gasteiger partial charge in [0, 0.05) is 56.5 Å². The zero-order chi connectivity index (χ0) is 16.9. The predicted molar refractivity (Wildman–Crippen MR) is 91.9 cm³/mol. The largest absolute Gasteiger partial charge is 0.391 e. The number of rotatable bonds is 6. The molecule has 128 valence electrons. The van der Waals surface area contributed by atoms with Gasteiger partial charge < -0.3 is 19.9 Å². The second kappa shape index (κ2) is 7.59. The number of aromatic nitrogens is 2. The number of likely N-dealkylation sites (tertiary alicyclic amines) is 1. The number of aliphatic hydroxyl groups excluding tert-OH is 1. The average Bonchev–Trinajstić information content (AvgIpc) is 3.15. The summed E-state index contributed by atoms with van der Waals surface area (Å²) < 4.78 is 2.03. The third kappa shape index (κ3) is 4.01. The van der Waals surface area contributed by atoms with Gasteiger partial charge in [0.2, 0.25) is 5.91 Å². The fraction of sp³-hybridized carbons (Fsp3) is 0.444. The Morgan fingerprint density at radius 1 is 1.33 bits per heavy atom. The Bertz CT molecular complexity index is 671. The van der Waals surface area contributed by atoms with Gasteiger partial charge in [0.1, 0.15) is 5.82 Å². The van der Waals surface area contributed by atoms with Crippen molar-refractivity contribution in [3.05, 3.63) is 48.5 Å². The first-order valence-corrected chi connectivity index (χ1v) is 8.34. The van der Waals surface area contributed by atoms with Gasteiger partial charge in [-0.25, -0.2) is 4.98 Å². The number of hydrogen-bond acceptors (Lipinski definition) is 4. The summed E-state index contributed by atoms with van der Waals surface area (Å²) in [6.07, 6.45) is 4.34. The van der Waals surface area contributed by atoms with Crippen LogP contribution in [0.4, 0.5) is 0 Å². The number of β-amino-alcohol motifs (C(OH)–C–C–N with tert-alkyl or cyclic N) is 1. The van der Waals surface area contributed by atoms with E-state index in [2.05, 4.69) is 15.2 Å². The number of imidazole rings is 1. The second-order valence-corrected chi connectivity index (χ2v) is 6.40. The van der Waals surface area contributed by atoms with Gasteiger partial charge >= 0.3 is 0 Å². The fourth-order valence-corrected chi connectivity index (χ4v) is 3.23. The Balaban J connectivity index is 1.49. The predicted octanol–water partition coefficient (Wildman–Crippen LogP) is 0.844. The van der Waals surface area contributed by atoms with Crippen LogP contribution in [0.2, 0.25) is 0 Å². The summed E-state index contributed by atoms with van der Waals surface area (Å²) >= 11 is 0. The maximum absolute atomic E-state index is 12.1. The Hall–Kier alpha value is -2.18. The third-order valence-corrected chi connectivity index (χ3v) is 4.46. The van der Waals surface area contributed by atoms with Crippen molar-refractivity contribution in [3.8, 4) is 5.69 Å². The zero-order valence-electron chi connectivity index (χ0n) is 13.9. The molecular weight excluding hydrogens is 304 g/mol. The molecule has 6 nitrogen and oxygen atoms in total. The molecule has 0 spiro atoms. The minimum atomic E-state index is -0.405. The Morgan fingerprint density at radius 2 is 2.12 bits per heavy atom. The lowest BCUT2D eigenvalue weighted by molar-refractivity contribution is -0.122. The van der Waals surface area contributed by atoms with Crippen molar-refractivity contribution in [3.63, 3.8) is 0 Å². The lowest BCUT2D eigenvalue weighted by Crippen LogP contribution is -2.31. The van der Waals surface area contributed by atoms with Gasteiger partial charge in [0.05, 0.1) is 6.10 Å². The average molecular weight is 328 g/mol. The fourth-order valence-electron chi connectivity index (χ4n) is 3.23. The zero-order valence-corrected chi connectivity index (χ0v) is 13.9. The number of likely N-dealkylation sites (N-methyl/N-ethyl adjacent to an activating group) is 1. The molecule has 3 rings (SSSR count). The van der Waals surface area contributed by atoms with Gasteiger partial charge in [-0.2, -0.15) is 0 Å². The number of para-hydroxylation sites is 1. The number of amides is 1. The number of carbonyl (C=O) groups excluding carboxylic acids is 1.